The van der Waals surface area contributed by atoms with Gasteiger partial charge in [0.15, 0.2) is 11.5 Å². The van der Waals surface area contributed by atoms with Gasteiger partial charge in [-0.25, -0.2) is 0 Å². The Morgan fingerprint density at radius 2 is 1.61 bits per heavy atom. The van der Waals surface area contributed by atoms with Crippen LogP contribution in [0.5, 0.6) is 28.7 Å². The van der Waals surface area contributed by atoms with Crippen LogP contribution in [0.25, 0.3) is 0 Å². The van der Waals surface area contributed by atoms with Gasteiger partial charge in [-0.1, -0.05) is 13.0 Å². The molecule has 1 amide bonds. The zero-order chi connectivity index (χ0) is 22.1. The molecule has 1 N–H and O–H groups in total. The molecule has 3 aromatic carbocycles. The molecule has 0 bridgehead atoms. The molecule has 0 aliphatic heterocycles. The van der Waals surface area contributed by atoms with Crippen molar-refractivity contribution in [2.45, 2.75) is 20.3 Å². The SMILES string of the molecule is CCCOc1ccc(C(=O)Nc2ccc(Oc3cccc(OC)c3)cc2)cc1OCC. The molecule has 162 valence electrons. The van der Waals surface area contributed by atoms with Crippen molar-refractivity contribution in [2.24, 2.45) is 0 Å². The van der Waals surface area contributed by atoms with Crippen molar-refractivity contribution in [2.75, 3.05) is 25.6 Å². The minimum Gasteiger partial charge on any atom is -0.497 e. The van der Waals surface area contributed by atoms with E-state index < -0.39 is 0 Å². The van der Waals surface area contributed by atoms with Crippen molar-refractivity contribution in [3.8, 4) is 28.7 Å². The van der Waals surface area contributed by atoms with Gasteiger partial charge >= 0.3 is 0 Å². The Labute approximate surface area is 182 Å². The van der Waals surface area contributed by atoms with E-state index >= 15 is 0 Å². The summed E-state index contributed by atoms with van der Waals surface area (Å²) in [4.78, 5) is 12.7. The molecule has 0 aliphatic rings. The van der Waals surface area contributed by atoms with E-state index in [1.807, 2.05) is 32.0 Å². The fourth-order valence-corrected chi connectivity index (χ4v) is 2.86. The number of carbonyl (C=O) groups is 1. The minimum absolute atomic E-state index is 0.232. The lowest BCUT2D eigenvalue weighted by molar-refractivity contribution is 0.102. The lowest BCUT2D eigenvalue weighted by Crippen LogP contribution is -2.12. The summed E-state index contributed by atoms with van der Waals surface area (Å²) >= 11 is 0. The highest BCUT2D eigenvalue weighted by atomic mass is 16.5. The van der Waals surface area contributed by atoms with Gasteiger partial charge in [-0.15, -0.1) is 0 Å². The van der Waals surface area contributed by atoms with E-state index in [0.717, 1.165) is 12.2 Å². The van der Waals surface area contributed by atoms with Crippen molar-refractivity contribution < 1.29 is 23.7 Å². The summed E-state index contributed by atoms with van der Waals surface area (Å²) < 4.78 is 22.4. The van der Waals surface area contributed by atoms with Crippen LogP contribution in [-0.2, 0) is 0 Å². The summed E-state index contributed by atoms with van der Waals surface area (Å²) in [6, 6.07) is 19.7. The van der Waals surface area contributed by atoms with Crippen LogP contribution in [0, 0.1) is 0 Å². The van der Waals surface area contributed by atoms with E-state index in [2.05, 4.69) is 5.32 Å². The molecule has 31 heavy (non-hydrogen) atoms. The maximum Gasteiger partial charge on any atom is 0.255 e. The first-order chi connectivity index (χ1) is 15.1. The fourth-order valence-electron chi connectivity index (χ4n) is 2.86. The van der Waals surface area contributed by atoms with E-state index in [1.54, 1.807) is 55.6 Å². The number of benzene rings is 3. The predicted molar refractivity (Wildman–Crippen MR) is 121 cm³/mol. The molecule has 0 radical (unpaired) electrons. The van der Waals surface area contributed by atoms with Crippen LogP contribution in [0.3, 0.4) is 0 Å². The molecule has 0 aliphatic carbocycles. The molecule has 3 aromatic rings. The molecule has 0 fully saturated rings. The highest BCUT2D eigenvalue weighted by Crippen LogP contribution is 2.30. The van der Waals surface area contributed by atoms with Crippen molar-refractivity contribution in [1.82, 2.24) is 0 Å². The summed E-state index contributed by atoms with van der Waals surface area (Å²) in [5, 5.41) is 2.89. The first kappa shape index (κ1) is 22.0. The molecule has 3 rings (SSSR count). The van der Waals surface area contributed by atoms with Gasteiger partial charge in [0, 0.05) is 17.3 Å². The number of nitrogens with one attached hydrogen (secondary N) is 1. The average Bonchev–Trinajstić information content (AvgIpc) is 2.80. The van der Waals surface area contributed by atoms with Gasteiger partial charge in [-0.3, -0.25) is 4.79 Å². The third-order valence-electron chi connectivity index (χ3n) is 4.36. The average molecular weight is 421 g/mol. The van der Waals surface area contributed by atoms with Gasteiger partial charge < -0.3 is 24.3 Å². The summed E-state index contributed by atoms with van der Waals surface area (Å²) in [7, 11) is 1.61. The monoisotopic (exact) mass is 421 g/mol. The Morgan fingerprint density at radius 3 is 2.32 bits per heavy atom. The van der Waals surface area contributed by atoms with Crippen LogP contribution in [0.15, 0.2) is 66.7 Å². The number of hydrogen-bond acceptors (Lipinski definition) is 5. The Morgan fingerprint density at radius 1 is 0.839 bits per heavy atom. The highest BCUT2D eigenvalue weighted by Gasteiger charge is 2.12. The molecule has 6 nitrogen and oxygen atoms in total. The van der Waals surface area contributed by atoms with Crippen molar-refractivity contribution in [1.29, 1.82) is 0 Å². The fraction of sp³-hybridized carbons (Fsp3) is 0.240. The molecule has 0 unspecified atom stereocenters. The van der Waals surface area contributed by atoms with Crippen LogP contribution >= 0.6 is 0 Å². The number of hydrogen-bond donors (Lipinski definition) is 1. The van der Waals surface area contributed by atoms with Crippen molar-refractivity contribution in [3.63, 3.8) is 0 Å². The molecular formula is C25H27NO5. The van der Waals surface area contributed by atoms with Gasteiger partial charge in [0.25, 0.3) is 5.91 Å². The topological polar surface area (TPSA) is 66.0 Å². The normalized spacial score (nSPS) is 10.3. The van der Waals surface area contributed by atoms with E-state index in [9.17, 15) is 4.79 Å². The third kappa shape index (κ3) is 6.15. The Kier molecular flexibility index (Phi) is 7.76. The third-order valence-corrected chi connectivity index (χ3v) is 4.36. The maximum absolute atomic E-state index is 12.7. The van der Waals surface area contributed by atoms with Crippen LogP contribution in [-0.4, -0.2) is 26.2 Å². The number of rotatable bonds is 10. The second-order valence-corrected chi connectivity index (χ2v) is 6.70. The van der Waals surface area contributed by atoms with E-state index in [4.69, 9.17) is 18.9 Å². The van der Waals surface area contributed by atoms with E-state index in [1.165, 1.54) is 0 Å². The van der Waals surface area contributed by atoms with Gasteiger partial charge in [0.2, 0.25) is 0 Å². The Balaban J connectivity index is 1.66. The molecule has 0 atom stereocenters. The number of anilines is 1. The van der Waals surface area contributed by atoms with E-state index in [-0.39, 0.29) is 5.91 Å². The van der Waals surface area contributed by atoms with Crippen LogP contribution in [0.2, 0.25) is 0 Å². The van der Waals surface area contributed by atoms with Crippen LogP contribution < -0.4 is 24.3 Å². The van der Waals surface area contributed by atoms with Crippen LogP contribution in [0.1, 0.15) is 30.6 Å². The van der Waals surface area contributed by atoms with Gasteiger partial charge in [0.1, 0.15) is 17.2 Å². The largest absolute Gasteiger partial charge is 0.497 e. The number of carbonyl (C=O) groups excluding carboxylic acids is 1. The quantitative estimate of drug-likeness (QED) is 0.440. The molecule has 0 saturated heterocycles. The molecule has 0 heterocycles. The molecule has 0 saturated carbocycles. The molecule has 0 spiro atoms. The summed E-state index contributed by atoms with van der Waals surface area (Å²) in [5.41, 5.74) is 1.15. The van der Waals surface area contributed by atoms with Crippen molar-refractivity contribution in [3.05, 3.63) is 72.3 Å². The first-order valence-corrected chi connectivity index (χ1v) is 10.3. The number of methoxy groups -OCH3 is 1. The second-order valence-electron chi connectivity index (χ2n) is 6.70. The Bertz CT molecular complexity index is 1000. The lowest BCUT2D eigenvalue weighted by atomic mass is 10.1. The predicted octanol–water partition coefficient (Wildman–Crippen LogP) is 5.93. The van der Waals surface area contributed by atoms with Crippen LogP contribution in [0.4, 0.5) is 5.69 Å². The smallest absolute Gasteiger partial charge is 0.255 e. The van der Waals surface area contributed by atoms with E-state index in [0.29, 0.717) is 47.5 Å². The zero-order valence-electron chi connectivity index (χ0n) is 18.0. The minimum atomic E-state index is -0.232. The maximum atomic E-state index is 12.7. The zero-order valence-corrected chi connectivity index (χ0v) is 18.0. The number of amides is 1. The van der Waals surface area contributed by atoms with Gasteiger partial charge in [0.05, 0.1) is 20.3 Å². The molecule has 6 heteroatoms. The van der Waals surface area contributed by atoms with Gasteiger partial charge in [-0.05, 0) is 67.9 Å². The molecule has 0 aromatic heterocycles. The number of ether oxygens (including phenoxy) is 4. The Hall–Kier alpha value is -3.67. The highest BCUT2D eigenvalue weighted by molar-refractivity contribution is 6.04. The van der Waals surface area contributed by atoms with Gasteiger partial charge in [-0.2, -0.15) is 0 Å². The second kappa shape index (κ2) is 10.9. The standard InChI is InChI=1S/C25H27NO5/c1-4-15-30-23-14-9-18(16-24(23)29-5-2)25(27)26-19-10-12-20(13-11-19)31-22-8-6-7-21(17-22)28-3/h6-14,16-17H,4-5,15H2,1-3H3,(H,26,27). The van der Waals surface area contributed by atoms with Crippen molar-refractivity contribution >= 4 is 11.6 Å². The lowest BCUT2D eigenvalue weighted by Gasteiger charge is -2.13. The summed E-state index contributed by atoms with van der Waals surface area (Å²) in [5.74, 6) is 3.01. The molecular weight excluding hydrogens is 394 g/mol. The summed E-state index contributed by atoms with van der Waals surface area (Å²) in [6.07, 6.45) is 0.894. The first-order valence-electron chi connectivity index (χ1n) is 10.3. The summed E-state index contributed by atoms with van der Waals surface area (Å²) in [6.45, 7) is 5.01.